The van der Waals surface area contributed by atoms with Crippen LogP contribution < -0.4 is 0 Å². The van der Waals surface area contributed by atoms with Crippen molar-refractivity contribution in [2.24, 2.45) is 5.41 Å². The Morgan fingerprint density at radius 3 is 2.27 bits per heavy atom. The van der Waals surface area contributed by atoms with Crippen LogP contribution in [-0.2, 0) is 9.47 Å². The van der Waals surface area contributed by atoms with E-state index in [1.54, 1.807) is 0 Å². The monoisotopic (exact) mass is 190 g/mol. The third kappa shape index (κ3) is 1.47. The summed E-state index contributed by atoms with van der Waals surface area (Å²) in [4.78, 5) is 0. The Labute approximate surface area is 74.1 Å². The fourth-order valence-electron chi connectivity index (χ4n) is 1.09. The molecule has 11 heavy (non-hydrogen) atoms. The summed E-state index contributed by atoms with van der Waals surface area (Å²) in [6, 6.07) is 0. The van der Waals surface area contributed by atoms with E-state index < -0.39 is 0 Å². The zero-order valence-corrected chi connectivity index (χ0v) is 7.80. The van der Waals surface area contributed by atoms with E-state index in [4.69, 9.17) is 9.47 Å². The molecule has 4 heteroatoms. The molecule has 2 aliphatic rings. The van der Waals surface area contributed by atoms with Crippen LogP contribution in [0.25, 0.3) is 0 Å². The van der Waals surface area contributed by atoms with Crippen molar-refractivity contribution in [3.8, 4) is 0 Å². The SMILES string of the molecule is C=C1OCC2(CO1)CSSC2. The summed E-state index contributed by atoms with van der Waals surface area (Å²) in [6.07, 6.45) is 0. The summed E-state index contributed by atoms with van der Waals surface area (Å²) in [6.45, 7) is 5.18. The average molecular weight is 190 g/mol. The van der Waals surface area contributed by atoms with Crippen molar-refractivity contribution in [1.82, 2.24) is 0 Å². The van der Waals surface area contributed by atoms with Crippen LogP contribution in [0.15, 0.2) is 12.5 Å². The topological polar surface area (TPSA) is 18.5 Å². The van der Waals surface area contributed by atoms with Gasteiger partial charge in [0.15, 0.2) is 0 Å². The fraction of sp³-hybridized carbons (Fsp3) is 0.714. The molecule has 1 spiro atoms. The van der Waals surface area contributed by atoms with Gasteiger partial charge in [0.2, 0.25) is 0 Å². The molecule has 0 radical (unpaired) electrons. The first-order chi connectivity index (χ1) is 5.31. The highest BCUT2D eigenvalue weighted by molar-refractivity contribution is 8.77. The van der Waals surface area contributed by atoms with Gasteiger partial charge >= 0.3 is 0 Å². The molecule has 0 unspecified atom stereocenters. The molecular weight excluding hydrogens is 180 g/mol. The van der Waals surface area contributed by atoms with E-state index in [1.807, 2.05) is 21.6 Å². The van der Waals surface area contributed by atoms with E-state index in [0.717, 1.165) is 24.7 Å². The molecule has 2 nitrogen and oxygen atoms in total. The molecule has 0 atom stereocenters. The lowest BCUT2D eigenvalue weighted by Crippen LogP contribution is -2.38. The van der Waals surface area contributed by atoms with Gasteiger partial charge in [-0.05, 0) is 6.58 Å². The first-order valence-electron chi connectivity index (χ1n) is 3.50. The minimum Gasteiger partial charge on any atom is -0.465 e. The molecule has 2 saturated heterocycles. The maximum Gasteiger partial charge on any atom is 0.271 e. The van der Waals surface area contributed by atoms with Gasteiger partial charge in [-0.3, -0.25) is 0 Å². The third-order valence-corrected chi connectivity index (χ3v) is 4.73. The molecule has 2 heterocycles. The Morgan fingerprint density at radius 1 is 1.18 bits per heavy atom. The predicted molar refractivity (Wildman–Crippen MR) is 48.4 cm³/mol. The van der Waals surface area contributed by atoms with Crippen molar-refractivity contribution in [2.75, 3.05) is 24.7 Å². The van der Waals surface area contributed by atoms with Crippen molar-refractivity contribution < 1.29 is 9.47 Å². The Morgan fingerprint density at radius 2 is 1.73 bits per heavy atom. The molecule has 0 N–H and O–H groups in total. The molecule has 0 aromatic rings. The zero-order valence-electron chi connectivity index (χ0n) is 6.17. The van der Waals surface area contributed by atoms with Gasteiger partial charge in [-0.2, -0.15) is 0 Å². The van der Waals surface area contributed by atoms with Crippen molar-refractivity contribution in [3.63, 3.8) is 0 Å². The molecule has 0 aromatic heterocycles. The summed E-state index contributed by atoms with van der Waals surface area (Å²) in [5.41, 5.74) is 0.274. The van der Waals surface area contributed by atoms with Crippen LogP contribution in [0.2, 0.25) is 0 Å². The molecule has 2 fully saturated rings. The van der Waals surface area contributed by atoms with Crippen molar-refractivity contribution in [1.29, 1.82) is 0 Å². The van der Waals surface area contributed by atoms with E-state index >= 15 is 0 Å². The number of hydrogen-bond donors (Lipinski definition) is 0. The largest absolute Gasteiger partial charge is 0.465 e. The molecule has 2 rings (SSSR count). The van der Waals surface area contributed by atoms with Gasteiger partial charge in [0, 0.05) is 11.5 Å². The molecule has 0 bridgehead atoms. The summed E-state index contributed by atoms with van der Waals surface area (Å²) in [5.74, 6) is 2.77. The second kappa shape index (κ2) is 2.83. The van der Waals surface area contributed by atoms with E-state index in [2.05, 4.69) is 6.58 Å². The summed E-state index contributed by atoms with van der Waals surface area (Å²) in [5, 5.41) is 0. The van der Waals surface area contributed by atoms with Gasteiger partial charge in [0.25, 0.3) is 5.95 Å². The van der Waals surface area contributed by atoms with E-state index in [1.165, 1.54) is 0 Å². The van der Waals surface area contributed by atoms with Crippen molar-refractivity contribution in [3.05, 3.63) is 12.5 Å². The van der Waals surface area contributed by atoms with Gasteiger partial charge in [-0.15, -0.1) is 0 Å². The Bertz CT molecular complexity index is 163. The zero-order chi connectivity index (χ0) is 7.73. The van der Waals surface area contributed by atoms with Crippen LogP contribution in [0.4, 0.5) is 0 Å². The van der Waals surface area contributed by atoms with Crippen LogP contribution in [0.5, 0.6) is 0 Å². The van der Waals surface area contributed by atoms with Gasteiger partial charge in [-0.25, -0.2) is 0 Å². The molecular formula is C7H10O2S2. The standard InChI is InChI=1S/C7H10O2S2/c1-6-8-2-7(3-9-6)4-10-11-5-7/h1-5H2. The van der Waals surface area contributed by atoms with Crippen LogP contribution in [0.1, 0.15) is 0 Å². The minimum atomic E-state index is 0.274. The van der Waals surface area contributed by atoms with Gasteiger partial charge < -0.3 is 9.47 Å². The second-order valence-corrected chi connectivity index (χ2v) is 5.44. The number of hydrogen-bond acceptors (Lipinski definition) is 4. The van der Waals surface area contributed by atoms with Crippen LogP contribution in [0.3, 0.4) is 0 Å². The maximum atomic E-state index is 5.27. The Kier molecular flexibility index (Phi) is 1.97. The van der Waals surface area contributed by atoms with Crippen molar-refractivity contribution in [2.45, 2.75) is 0 Å². The number of rotatable bonds is 0. The fourth-order valence-corrected chi connectivity index (χ4v) is 4.43. The van der Waals surface area contributed by atoms with Gasteiger partial charge in [0.1, 0.15) is 13.2 Å². The van der Waals surface area contributed by atoms with E-state index in [9.17, 15) is 0 Å². The third-order valence-electron chi connectivity index (χ3n) is 1.89. The van der Waals surface area contributed by atoms with E-state index in [0.29, 0.717) is 5.95 Å². The van der Waals surface area contributed by atoms with E-state index in [-0.39, 0.29) is 5.41 Å². The normalized spacial score (nSPS) is 28.2. The predicted octanol–water partition coefficient (Wildman–Crippen LogP) is 1.89. The quantitative estimate of drug-likeness (QED) is 0.543. The lowest BCUT2D eigenvalue weighted by molar-refractivity contribution is -0.0788. The van der Waals surface area contributed by atoms with Gasteiger partial charge in [-0.1, -0.05) is 21.6 Å². The van der Waals surface area contributed by atoms with Crippen LogP contribution in [-0.4, -0.2) is 24.7 Å². The Balaban J connectivity index is 1.99. The summed E-state index contributed by atoms with van der Waals surface area (Å²) in [7, 11) is 3.82. The molecule has 0 saturated carbocycles. The first kappa shape index (κ1) is 7.68. The number of ether oxygens (including phenoxy) is 2. The highest BCUT2D eigenvalue weighted by Gasteiger charge is 2.40. The van der Waals surface area contributed by atoms with Crippen molar-refractivity contribution >= 4 is 21.6 Å². The maximum absolute atomic E-state index is 5.27. The summed E-state index contributed by atoms with van der Waals surface area (Å²) < 4.78 is 10.5. The highest BCUT2D eigenvalue weighted by Crippen LogP contribution is 2.45. The molecule has 0 aromatic carbocycles. The minimum absolute atomic E-state index is 0.274. The van der Waals surface area contributed by atoms with Crippen LogP contribution in [0, 0.1) is 5.41 Å². The molecule has 2 aliphatic heterocycles. The smallest absolute Gasteiger partial charge is 0.271 e. The lowest BCUT2D eigenvalue weighted by Gasteiger charge is -2.32. The highest BCUT2D eigenvalue weighted by atomic mass is 33.1. The molecule has 62 valence electrons. The van der Waals surface area contributed by atoms with Crippen LogP contribution >= 0.6 is 21.6 Å². The van der Waals surface area contributed by atoms with Gasteiger partial charge in [0.05, 0.1) is 5.41 Å². The lowest BCUT2D eigenvalue weighted by atomic mass is 9.95. The first-order valence-corrected chi connectivity index (χ1v) is 5.99. The second-order valence-electron chi connectivity index (χ2n) is 2.97. The molecule has 0 aliphatic carbocycles. The Hall–Kier alpha value is 0.0400. The average Bonchev–Trinajstić information content (AvgIpc) is 2.45. The summed E-state index contributed by atoms with van der Waals surface area (Å²) >= 11 is 0. The molecule has 0 amide bonds.